The lowest BCUT2D eigenvalue weighted by Crippen LogP contribution is -2.28. The van der Waals surface area contributed by atoms with E-state index in [4.69, 9.17) is 5.73 Å². The number of rotatable bonds is 2. The summed E-state index contributed by atoms with van der Waals surface area (Å²) >= 11 is 0.997. The van der Waals surface area contributed by atoms with Crippen molar-refractivity contribution < 1.29 is 13.2 Å². The number of hydrogen-bond donors (Lipinski definition) is 1. The molecule has 0 saturated heterocycles. The first kappa shape index (κ1) is 9.92. The molecule has 0 radical (unpaired) electrons. The quantitative estimate of drug-likeness (QED) is 0.835. The SMILES string of the molecule is NC(c1scnc1C1CC1)C(F)(F)F. The van der Waals surface area contributed by atoms with E-state index in [2.05, 4.69) is 4.98 Å². The van der Waals surface area contributed by atoms with Gasteiger partial charge in [-0.05, 0) is 12.8 Å². The van der Waals surface area contributed by atoms with Crippen molar-refractivity contribution in [3.8, 4) is 0 Å². The number of nitrogens with two attached hydrogens (primary N) is 1. The molecule has 1 fully saturated rings. The van der Waals surface area contributed by atoms with Crippen molar-refractivity contribution >= 4 is 11.3 Å². The molecule has 78 valence electrons. The molecule has 1 saturated carbocycles. The molecule has 1 aliphatic carbocycles. The third-order valence-electron chi connectivity index (χ3n) is 2.22. The summed E-state index contributed by atoms with van der Waals surface area (Å²) in [6.45, 7) is 0. The average molecular weight is 222 g/mol. The Morgan fingerprint density at radius 2 is 2.14 bits per heavy atom. The minimum Gasteiger partial charge on any atom is -0.316 e. The number of aromatic nitrogens is 1. The molecule has 1 atom stereocenters. The lowest BCUT2D eigenvalue weighted by atomic mass is 10.1. The highest BCUT2D eigenvalue weighted by Crippen LogP contribution is 2.45. The molecule has 14 heavy (non-hydrogen) atoms. The molecular weight excluding hydrogens is 213 g/mol. The maximum absolute atomic E-state index is 12.3. The predicted octanol–water partition coefficient (Wildman–Crippen LogP) is 2.58. The second kappa shape index (κ2) is 3.20. The lowest BCUT2D eigenvalue weighted by molar-refractivity contribution is -0.148. The molecule has 6 heteroatoms. The second-order valence-corrected chi connectivity index (χ2v) is 4.28. The highest BCUT2D eigenvalue weighted by Gasteiger charge is 2.42. The fourth-order valence-electron chi connectivity index (χ4n) is 1.31. The van der Waals surface area contributed by atoms with Gasteiger partial charge in [0.1, 0.15) is 6.04 Å². The van der Waals surface area contributed by atoms with Gasteiger partial charge < -0.3 is 5.73 Å². The van der Waals surface area contributed by atoms with Crippen LogP contribution < -0.4 is 5.73 Å². The van der Waals surface area contributed by atoms with E-state index in [1.54, 1.807) is 0 Å². The van der Waals surface area contributed by atoms with Gasteiger partial charge >= 0.3 is 6.18 Å². The average Bonchev–Trinajstić information content (AvgIpc) is 2.81. The molecule has 1 aromatic heterocycles. The first-order valence-electron chi connectivity index (χ1n) is 4.25. The predicted molar refractivity (Wildman–Crippen MR) is 47.1 cm³/mol. The normalized spacial score (nSPS) is 19.7. The van der Waals surface area contributed by atoms with E-state index < -0.39 is 12.2 Å². The summed E-state index contributed by atoms with van der Waals surface area (Å²) in [7, 11) is 0. The largest absolute Gasteiger partial charge is 0.408 e. The van der Waals surface area contributed by atoms with E-state index in [1.807, 2.05) is 0 Å². The summed E-state index contributed by atoms with van der Waals surface area (Å²) in [5.74, 6) is 0.213. The van der Waals surface area contributed by atoms with E-state index in [0.717, 1.165) is 24.2 Å². The summed E-state index contributed by atoms with van der Waals surface area (Å²) in [6, 6.07) is -1.87. The molecule has 1 aliphatic rings. The number of alkyl halides is 3. The van der Waals surface area contributed by atoms with Crippen LogP contribution in [0.15, 0.2) is 5.51 Å². The van der Waals surface area contributed by atoms with Gasteiger partial charge in [0.15, 0.2) is 0 Å². The first-order chi connectivity index (χ1) is 6.50. The summed E-state index contributed by atoms with van der Waals surface area (Å²) < 4.78 is 37.0. The van der Waals surface area contributed by atoms with Crippen LogP contribution in [0, 0.1) is 0 Å². The second-order valence-electron chi connectivity index (χ2n) is 3.40. The van der Waals surface area contributed by atoms with Crippen LogP contribution in [0.4, 0.5) is 13.2 Å². The van der Waals surface area contributed by atoms with Crippen LogP contribution in [0.5, 0.6) is 0 Å². The monoisotopic (exact) mass is 222 g/mol. The molecule has 1 heterocycles. The smallest absolute Gasteiger partial charge is 0.316 e. The van der Waals surface area contributed by atoms with Gasteiger partial charge in [-0.25, -0.2) is 4.98 Å². The van der Waals surface area contributed by atoms with E-state index in [9.17, 15) is 13.2 Å². The van der Waals surface area contributed by atoms with Crippen molar-refractivity contribution in [2.75, 3.05) is 0 Å². The molecule has 0 aromatic carbocycles. The molecule has 0 aliphatic heterocycles. The minimum absolute atomic E-state index is 0.181. The maximum Gasteiger partial charge on any atom is 0.408 e. The van der Waals surface area contributed by atoms with Gasteiger partial charge in [0.2, 0.25) is 0 Å². The Balaban J connectivity index is 2.26. The Labute approximate surface area is 82.9 Å². The minimum atomic E-state index is -4.36. The topological polar surface area (TPSA) is 38.9 Å². The van der Waals surface area contributed by atoms with Crippen LogP contribution in [0.2, 0.25) is 0 Å². The van der Waals surface area contributed by atoms with Crippen LogP contribution >= 0.6 is 11.3 Å². The molecule has 0 spiro atoms. The Hall–Kier alpha value is -0.620. The van der Waals surface area contributed by atoms with Crippen LogP contribution in [0.3, 0.4) is 0 Å². The van der Waals surface area contributed by atoms with Crippen molar-refractivity contribution in [3.05, 3.63) is 16.1 Å². The van der Waals surface area contributed by atoms with Gasteiger partial charge in [0, 0.05) is 5.92 Å². The zero-order valence-electron chi connectivity index (χ0n) is 7.21. The Morgan fingerprint density at radius 3 is 2.64 bits per heavy atom. The molecule has 0 bridgehead atoms. The van der Waals surface area contributed by atoms with Gasteiger partial charge in [-0.2, -0.15) is 13.2 Å². The van der Waals surface area contributed by atoms with Crippen molar-refractivity contribution in [3.63, 3.8) is 0 Å². The number of hydrogen-bond acceptors (Lipinski definition) is 3. The van der Waals surface area contributed by atoms with Gasteiger partial charge in [-0.15, -0.1) is 11.3 Å². The van der Waals surface area contributed by atoms with Crippen molar-refractivity contribution in [1.29, 1.82) is 0 Å². The number of thiazole rings is 1. The summed E-state index contributed by atoms with van der Waals surface area (Å²) in [6.07, 6.45) is -2.50. The van der Waals surface area contributed by atoms with Crippen molar-refractivity contribution in [2.24, 2.45) is 5.73 Å². The highest BCUT2D eigenvalue weighted by atomic mass is 32.1. The van der Waals surface area contributed by atoms with Crippen LogP contribution in [0.1, 0.15) is 35.4 Å². The molecular formula is C8H9F3N2S. The molecule has 2 nitrogen and oxygen atoms in total. The Bertz CT molecular complexity index is 330. The highest BCUT2D eigenvalue weighted by molar-refractivity contribution is 7.09. The molecule has 2 rings (SSSR count). The number of nitrogens with zero attached hydrogens (tertiary/aromatic N) is 1. The van der Waals surface area contributed by atoms with E-state index in [-0.39, 0.29) is 10.8 Å². The van der Waals surface area contributed by atoms with Crippen molar-refractivity contribution in [1.82, 2.24) is 4.98 Å². The third kappa shape index (κ3) is 1.76. The van der Waals surface area contributed by atoms with Crippen LogP contribution in [-0.2, 0) is 0 Å². The van der Waals surface area contributed by atoms with E-state index >= 15 is 0 Å². The van der Waals surface area contributed by atoms with E-state index in [0.29, 0.717) is 5.69 Å². The van der Waals surface area contributed by atoms with Gasteiger partial charge in [-0.1, -0.05) is 0 Å². The van der Waals surface area contributed by atoms with Gasteiger partial charge in [-0.3, -0.25) is 0 Å². The molecule has 0 amide bonds. The summed E-state index contributed by atoms with van der Waals surface area (Å²) in [5, 5.41) is 0. The number of halogens is 3. The molecule has 1 unspecified atom stereocenters. The summed E-state index contributed by atoms with van der Waals surface area (Å²) in [4.78, 5) is 4.13. The fourth-order valence-corrected chi connectivity index (χ4v) is 2.21. The van der Waals surface area contributed by atoms with Crippen LogP contribution in [0.25, 0.3) is 0 Å². The van der Waals surface area contributed by atoms with E-state index in [1.165, 1.54) is 5.51 Å². The standard InChI is InChI=1S/C8H9F3N2S/c9-8(10,11)7(12)6-5(4-1-2-4)13-3-14-6/h3-4,7H,1-2,12H2. The van der Waals surface area contributed by atoms with Gasteiger partial charge in [0.25, 0.3) is 0 Å². The Kier molecular flexibility index (Phi) is 2.27. The van der Waals surface area contributed by atoms with Crippen molar-refractivity contribution in [2.45, 2.75) is 31.0 Å². The molecule has 1 aromatic rings. The third-order valence-corrected chi connectivity index (χ3v) is 3.15. The maximum atomic E-state index is 12.3. The first-order valence-corrected chi connectivity index (χ1v) is 5.13. The Morgan fingerprint density at radius 1 is 1.50 bits per heavy atom. The zero-order chi connectivity index (χ0) is 10.3. The fraction of sp³-hybridized carbons (Fsp3) is 0.625. The van der Waals surface area contributed by atoms with Crippen LogP contribution in [-0.4, -0.2) is 11.2 Å². The summed E-state index contributed by atoms with van der Waals surface area (Å²) in [5.41, 5.74) is 7.12. The lowest BCUT2D eigenvalue weighted by Gasteiger charge is -2.14. The zero-order valence-corrected chi connectivity index (χ0v) is 8.03. The molecule has 2 N–H and O–H groups in total. The van der Waals surface area contributed by atoms with Gasteiger partial charge in [0.05, 0.1) is 16.1 Å².